The second-order valence-electron chi connectivity index (χ2n) is 3.00. The van der Waals surface area contributed by atoms with Crippen LogP contribution in [0.5, 0.6) is 0 Å². The highest BCUT2D eigenvalue weighted by atomic mass is 16.5. The number of carbonyl (C=O) groups is 1. The van der Waals surface area contributed by atoms with Crippen LogP contribution in [0.3, 0.4) is 0 Å². The number of esters is 1. The van der Waals surface area contributed by atoms with Crippen molar-refractivity contribution in [1.82, 2.24) is 0 Å². The van der Waals surface area contributed by atoms with Crippen molar-refractivity contribution in [3.05, 3.63) is 35.4 Å². The number of hydrogen-bond donors (Lipinski definition) is 2. The maximum absolute atomic E-state index is 11.3. The van der Waals surface area contributed by atoms with Crippen molar-refractivity contribution in [3.63, 3.8) is 0 Å². The molecule has 1 aromatic rings. The molecule has 0 radical (unpaired) electrons. The lowest BCUT2D eigenvalue weighted by atomic mass is 10.1. The fourth-order valence-electron chi connectivity index (χ4n) is 1.09. The molecule has 0 aromatic heterocycles. The van der Waals surface area contributed by atoms with Gasteiger partial charge >= 0.3 is 5.97 Å². The molecule has 4 nitrogen and oxygen atoms in total. The lowest BCUT2D eigenvalue weighted by molar-refractivity contribution is 0.0600. The van der Waals surface area contributed by atoms with Gasteiger partial charge in [-0.1, -0.05) is 24.0 Å². The molecule has 0 aliphatic carbocycles. The van der Waals surface area contributed by atoms with E-state index in [9.17, 15) is 4.79 Å². The molecule has 0 amide bonds. The number of carbonyl (C=O) groups excluding carboxylic acids is 1. The zero-order valence-electron chi connectivity index (χ0n) is 8.80. The Balaban J connectivity index is 3.03. The standard InChI is InChI=1S/C12H12O4/c1-16-12(15)11-5-3-2-4-9(11)6-7-10(14)8-13/h2-5,10,13-14H,8H2,1H3/t10-/m0/s1. The van der Waals surface area contributed by atoms with E-state index in [0.717, 1.165) is 0 Å². The number of aliphatic hydroxyl groups is 2. The van der Waals surface area contributed by atoms with Crippen LogP contribution in [0.4, 0.5) is 0 Å². The van der Waals surface area contributed by atoms with E-state index in [2.05, 4.69) is 16.6 Å². The second-order valence-corrected chi connectivity index (χ2v) is 3.00. The third kappa shape index (κ3) is 3.09. The van der Waals surface area contributed by atoms with Gasteiger partial charge in [0.1, 0.15) is 6.10 Å². The van der Waals surface area contributed by atoms with Crippen LogP contribution in [0.1, 0.15) is 15.9 Å². The van der Waals surface area contributed by atoms with Crippen molar-refractivity contribution >= 4 is 5.97 Å². The molecule has 0 spiro atoms. The van der Waals surface area contributed by atoms with Crippen LogP contribution >= 0.6 is 0 Å². The third-order valence-corrected chi connectivity index (χ3v) is 1.88. The number of rotatable bonds is 2. The number of benzene rings is 1. The molecule has 16 heavy (non-hydrogen) atoms. The first-order valence-corrected chi connectivity index (χ1v) is 4.67. The molecule has 0 bridgehead atoms. The highest BCUT2D eigenvalue weighted by Crippen LogP contribution is 2.08. The van der Waals surface area contributed by atoms with Crippen molar-refractivity contribution in [2.24, 2.45) is 0 Å². The molecule has 0 aliphatic rings. The van der Waals surface area contributed by atoms with Gasteiger partial charge in [0, 0.05) is 5.56 Å². The van der Waals surface area contributed by atoms with Crippen LogP contribution in [0.25, 0.3) is 0 Å². The smallest absolute Gasteiger partial charge is 0.339 e. The zero-order valence-corrected chi connectivity index (χ0v) is 8.80. The summed E-state index contributed by atoms with van der Waals surface area (Å²) in [5.41, 5.74) is 0.796. The summed E-state index contributed by atoms with van der Waals surface area (Å²) in [7, 11) is 1.29. The Morgan fingerprint density at radius 3 is 2.81 bits per heavy atom. The Hall–Kier alpha value is -1.83. The minimum absolute atomic E-state index is 0.336. The van der Waals surface area contributed by atoms with Gasteiger partial charge in [0.05, 0.1) is 19.3 Å². The van der Waals surface area contributed by atoms with Gasteiger partial charge in [-0.3, -0.25) is 0 Å². The summed E-state index contributed by atoms with van der Waals surface area (Å²) in [6.07, 6.45) is -1.11. The van der Waals surface area contributed by atoms with Crippen molar-refractivity contribution < 1.29 is 19.7 Å². The highest BCUT2D eigenvalue weighted by Gasteiger charge is 2.08. The van der Waals surface area contributed by atoms with E-state index in [0.29, 0.717) is 11.1 Å². The largest absolute Gasteiger partial charge is 0.465 e. The lowest BCUT2D eigenvalue weighted by Crippen LogP contribution is -2.08. The summed E-state index contributed by atoms with van der Waals surface area (Å²) < 4.78 is 4.59. The topological polar surface area (TPSA) is 66.8 Å². The SMILES string of the molecule is COC(=O)c1ccccc1C#C[C@H](O)CO. The number of aliphatic hydroxyl groups excluding tert-OH is 2. The summed E-state index contributed by atoms with van der Waals surface area (Å²) in [5, 5.41) is 17.7. The molecule has 4 heteroatoms. The Bertz CT molecular complexity index is 428. The average Bonchev–Trinajstić information content (AvgIpc) is 2.35. The summed E-state index contributed by atoms with van der Waals surface area (Å²) in [6.45, 7) is -0.437. The average molecular weight is 220 g/mol. The molecular formula is C12H12O4. The molecule has 1 aromatic carbocycles. The van der Waals surface area contributed by atoms with Gasteiger partial charge in [-0.25, -0.2) is 4.79 Å². The monoisotopic (exact) mass is 220 g/mol. The predicted molar refractivity (Wildman–Crippen MR) is 57.8 cm³/mol. The van der Waals surface area contributed by atoms with Crippen LogP contribution in [-0.2, 0) is 4.74 Å². The summed E-state index contributed by atoms with van der Waals surface area (Å²) in [6, 6.07) is 6.65. The lowest BCUT2D eigenvalue weighted by Gasteiger charge is -2.01. The van der Waals surface area contributed by atoms with E-state index < -0.39 is 18.7 Å². The number of methoxy groups -OCH3 is 1. The second kappa shape index (κ2) is 5.91. The summed E-state index contributed by atoms with van der Waals surface area (Å²) in [4.78, 5) is 11.3. The minimum Gasteiger partial charge on any atom is -0.465 e. The summed E-state index contributed by atoms with van der Waals surface area (Å²) in [5.74, 6) is 4.55. The Morgan fingerprint density at radius 2 is 2.19 bits per heavy atom. The maximum atomic E-state index is 11.3. The van der Waals surface area contributed by atoms with Crippen molar-refractivity contribution in [1.29, 1.82) is 0 Å². The normalized spacial score (nSPS) is 11.2. The summed E-state index contributed by atoms with van der Waals surface area (Å²) >= 11 is 0. The van der Waals surface area contributed by atoms with Crippen molar-refractivity contribution in [2.45, 2.75) is 6.10 Å². The van der Waals surface area contributed by atoms with Crippen LogP contribution < -0.4 is 0 Å². The van der Waals surface area contributed by atoms with E-state index in [4.69, 9.17) is 10.2 Å². The molecule has 1 rings (SSSR count). The molecule has 0 heterocycles. The van der Waals surface area contributed by atoms with Crippen LogP contribution in [0.15, 0.2) is 24.3 Å². The Labute approximate surface area is 93.5 Å². The van der Waals surface area contributed by atoms with Gasteiger partial charge in [0.2, 0.25) is 0 Å². The quantitative estimate of drug-likeness (QED) is 0.551. The maximum Gasteiger partial charge on any atom is 0.339 e. The molecule has 2 N–H and O–H groups in total. The van der Waals surface area contributed by atoms with Gasteiger partial charge in [0.25, 0.3) is 0 Å². The van der Waals surface area contributed by atoms with Crippen LogP contribution in [-0.4, -0.2) is 36.0 Å². The van der Waals surface area contributed by atoms with Gasteiger partial charge in [-0.15, -0.1) is 0 Å². The Kier molecular flexibility index (Phi) is 4.52. The molecule has 0 saturated heterocycles. The van der Waals surface area contributed by atoms with Crippen molar-refractivity contribution in [3.8, 4) is 11.8 Å². The molecule has 1 atom stereocenters. The molecule has 0 fully saturated rings. The van der Waals surface area contributed by atoms with Crippen molar-refractivity contribution in [2.75, 3.05) is 13.7 Å². The Morgan fingerprint density at radius 1 is 1.50 bits per heavy atom. The van der Waals surface area contributed by atoms with E-state index in [1.807, 2.05) is 0 Å². The first-order valence-electron chi connectivity index (χ1n) is 4.67. The highest BCUT2D eigenvalue weighted by molar-refractivity contribution is 5.92. The predicted octanol–water partition coefficient (Wildman–Crippen LogP) is 0.178. The molecule has 0 saturated carbocycles. The van der Waals surface area contributed by atoms with Gasteiger partial charge in [-0.05, 0) is 12.1 Å². The fourth-order valence-corrected chi connectivity index (χ4v) is 1.09. The van der Waals surface area contributed by atoms with Crippen LogP contribution in [0.2, 0.25) is 0 Å². The van der Waals surface area contributed by atoms with E-state index in [-0.39, 0.29) is 0 Å². The van der Waals surface area contributed by atoms with E-state index in [1.54, 1.807) is 24.3 Å². The number of ether oxygens (including phenoxy) is 1. The van der Waals surface area contributed by atoms with Gasteiger partial charge in [0.15, 0.2) is 0 Å². The van der Waals surface area contributed by atoms with E-state index >= 15 is 0 Å². The first kappa shape index (κ1) is 12.2. The third-order valence-electron chi connectivity index (χ3n) is 1.88. The van der Waals surface area contributed by atoms with Crippen LogP contribution in [0, 0.1) is 11.8 Å². The molecule has 0 aliphatic heterocycles. The van der Waals surface area contributed by atoms with Gasteiger partial charge < -0.3 is 14.9 Å². The van der Waals surface area contributed by atoms with E-state index in [1.165, 1.54) is 7.11 Å². The molecule has 84 valence electrons. The van der Waals surface area contributed by atoms with Gasteiger partial charge in [-0.2, -0.15) is 0 Å². The first-order chi connectivity index (χ1) is 7.69. The number of hydrogen-bond acceptors (Lipinski definition) is 4. The fraction of sp³-hybridized carbons (Fsp3) is 0.250. The molecule has 0 unspecified atom stereocenters. The molecular weight excluding hydrogens is 208 g/mol. The zero-order chi connectivity index (χ0) is 12.0. The minimum atomic E-state index is -1.11.